The molecule has 0 radical (unpaired) electrons. The highest BCUT2D eigenvalue weighted by Crippen LogP contribution is 2.23. The van der Waals surface area contributed by atoms with Crippen molar-refractivity contribution in [3.8, 4) is 0 Å². The van der Waals surface area contributed by atoms with Crippen molar-refractivity contribution in [1.29, 1.82) is 0 Å². The Hall–Kier alpha value is -2.29. The average Bonchev–Trinajstić information content (AvgIpc) is 2.88. The average molecular weight is 308 g/mol. The lowest BCUT2D eigenvalue weighted by Crippen LogP contribution is -2.09. The van der Waals surface area contributed by atoms with E-state index in [0.717, 1.165) is 16.3 Å². The lowest BCUT2D eigenvalue weighted by atomic mass is 10.4. The Labute approximate surface area is 125 Å². The van der Waals surface area contributed by atoms with Crippen molar-refractivity contribution in [3.63, 3.8) is 0 Å². The minimum Gasteiger partial charge on any atom is -0.359 e. The Balaban J connectivity index is 2.15. The smallest absolute Gasteiger partial charge is 0.329 e. The molecule has 2 heterocycles. The van der Waals surface area contributed by atoms with Crippen LogP contribution in [0.4, 0.5) is 17.5 Å². The van der Waals surface area contributed by atoms with E-state index in [1.54, 1.807) is 6.20 Å². The lowest BCUT2D eigenvalue weighted by molar-refractivity contribution is -0.384. The maximum Gasteiger partial charge on any atom is 0.329 e. The molecule has 0 aromatic carbocycles. The first kappa shape index (κ1) is 15.1. The zero-order valence-electron chi connectivity index (χ0n) is 11.8. The van der Waals surface area contributed by atoms with Gasteiger partial charge in [-0.3, -0.25) is 10.1 Å². The molecule has 0 saturated heterocycles. The van der Waals surface area contributed by atoms with Gasteiger partial charge in [0.05, 0.1) is 16.5 Å². The molecule has 0 aliphatic heterocycles. The molecule has 2 aromatic rings. The molecule has 0 atom stereocenters. The molecule has 0 spiro atoms. The van der Waals surface area contributed by atoms with Crippen LogP contribution in [0.25, 0.3) is 0 Å². The van der Waals surface area contributed by atoms with Crippen molar-refractivity contribution in [2.24, 2.45) is 0 Å². The van der Waals surface area contributed by atoms with Crippen LogP contribution in [0.1, 0.15) is 23.2 Å². The van der Waals surface area contributed by atoms with Crippen LogP contribution >= 0.6 is 11.3 Å². The van der Waals surface area contributed by atoms with Gasteiger partial charge >= 0.3 is 5.69 Å². The zero-order chi connectivity index (χ0) is 15.2. The molecule has 2 aromatic heterocycles. The molecule has 0 amide bonds. The normalized spacial score (nSPS) is 10.4. The summed E-state index contributed by atoms with van der Waals surface area (Å²) in [7, 11) is 0. The summed E-state index contributed by atoms with van der Waals surface area (Å²) in [5.74, 6) is 0.588. The number of anilines is 2. The molecule has 9 heteroatoms. The Morgan fingerprint density at radius 1 is 1.33 bits per heavy atom. The van der Waals surface area contributed by atoms with Crippen molar-refractivity contribution >= 4 is 28.8 Å². The first-order chi connectivity index (χ1) is 10.1. The van der Waals surface area contributed by atoms with Crippen molar-refractivity contribution < 1.29 is 4.92 Å². The lowest BCUT2D eigenvalue weighted by Gasteiger charge is -2.07. The molecule has 2 N–H and O–H groups in total. The molecule has 0 unspecified atom stereocenters. The number of rotatable bonds is 7. The number of aromatic nitrogens is 3. The van der Waals surface area contributed by atoms with Gasteiger partial charge < -0.3 is 10.6 Å². The topological polar surface area (TPSA) is 106 Å². The fourth-order valence-electron chi connectivity index (χ4n) is 1.62. The van der Waals surface area contributed by atoms with Gasteiger partial charge in [-0.2, -0.15) is 4.98 Å². The second kappa shape index (κ2) is 6.93. The van der Waals surface area contributed by atoms with Gasteiger partial charge in [0, 0.05) is 17.6 Å². The molecule has 8 nitrogen and oxygen atoms in total. The highest BCUT2D eigenvalue weighted by atomic mass is 32.1. The number of thiazole rings is 1. The van der Waals surface area contributed by atoms with Crippen molar-refractivity contribution in [2.75, 3.05) is 17.2 Å². The van der Waals surface area contributed by atoms with Crippen LogP contribution in [-0.4, -0.2) is 26.4 Å². The summed E-state index contributed by atoms with van der Waals surface area (Å²) in [5, 5.41) is 18.0. The van der Waals surface area contributed by atoms with E-state index in [9.17, 15) is 10.1 Å². The Morgan fingerprint density at radius 2 is 2.14 bits per heavy atom. The first-order valence-corrected chi connectivity index (χ1v) is 7.32. The third-order valence-corrected chi connectivity index (χ3v) is 3.51. The summed E-state index contributed by atoms with van der Waals surface area (Å²) in [6, 6.07) is 0. The van der Waals surface area contributed by atoms with E-state index < -0.39 is 4.92 Å². The van der Waals surface area contributed by atoms with E-state index in [1.807, 2.05) is 13.8 Å². The number of hydrogen-bond acceptors (Lipinski definition) is 8. The SMILES string of the molecule is CCCNc1ncc([N+](=O)[O-])c(NCc2cnc(C)s2)n1. The van der Waals surface area contributed by atoms with Crippen molar-refractivity contribution in [1.82, 2.24) is 15.0 Å². The second-order valence-electron chi connectivity index (χ2n) is 4.31. The fraction of sp³-hybridized carbons (Fsp3) is 0.417. The van der Waals surface area contributed by atoms with E-state index >= 15 is 0 Å². The predicted octanol–water partition coefficient (Wildman–Crippen LogP) is 2.58. The molecule has 0 aliphatic carbocycles. The molecule has 112 valence electrons. The van der Waals surface area contributed by atoms with Gasteiger partial charge in [-0.05, 0) is 13.3 Å². The Morgan fingerprint density at radius 3 is 2.76 bits per heavy atom. The standard InChI is InChI=1S/C12H16N6O2S/c1-3-4-13-12-16-7-10(18(19)20)11(17-12)15-6-9-5-14-8(2)21-9/h5,7H,3-4,6H2,1-2H3,(H2,13,15,16,17). The summed E-state index contributed by atoms with van der Waals surface area (Å²) >= 11 is 1.54. The van der Waals surface area contributed by atoms with E-state index in [2.05, 4.69) is 25.6 Å². The zero-order valence-corrected chi connectivity index (χ0v) is 12.6. The van der Waals surface area contributed by atoms with E-state index in [4.69, 9.17) is 0 Å². The number of nitrogens with one attached hydrogen (secondary N) is 2. The minimum atomic E-state index is -0.496. The molecule has 21 heavy (non-hydrogen) atoms. The van der Waals surface area contributed by atoms with Crippen LogP contribution in [-0.2, 0) is 6.54 Å². The van der Waals surface area contributed by atoms with Gasteiger partial charge in [0.15, 0.2) is 0 Å². The monoisotopic (exact) mass is 308 g/mol. The maximum absolute atomic E-state index is 11.0. The molecule has 0 fully saturated rings. The quantitative estimate of drug-likeness (QED) is 0.598. The van der Waals surface area contributed by atoms with E-state index in [-0.39, 0.29) is 11.5 Å². The van der Waals surface area contributed by atoms with Gasteiger partial charge in [-0.25, -0.2) is 9.97 Å². The van der Waals surface area contributed by atoms with Crippen LogP contribution in [0.15, 0.2) is 12.4 Å². The maximum atomic E-state index is 11.0. The molecule has 0 aliphatic rings. The van der Waals surface area contributed by atoms with Crippen LogP contribution in [0.3, 0.4) is 0 Å². The molecular formula is C12H16N6O2S. The predicted molar refractivity (Wildman–Crippen MR) is 81.6 cm³/mol. The summed E-state index contributed by atoms with van der Waals surface area (Å²) < 4.78 is 0. The summed E-state index contributed by atoms with van der Waals surface area (Å²) in [6.07, 6.45) is 3.88. The van der Waals surface area contributed by atoms with Gasteiger partial charge in [0.1, 0.15) is 6.20 Å². The Kier molecular flexibility index (Phi) is 4.99. The first-order valence-electron chi connectivity index (χ1n) is 6.50. The van der Waals surface area contributed by atoms with Crippen molar-refractivity contribution in [2.45, 2.75) is 26.8 Å². The van der Waals surface area contributed by atoms with Gasteiger partial charge in [0.2, 0.25) is 11.8 Å². The van der Waals surface area contributed by atoms with Gasteiger partial charge in [-0.15, -0.1) is 11.3 Å². The minimum absolute atomic E-state index is 0.140. The molecule has 2 rings (SSSR count). The van der Waals surface area contributed by atoms with E-state index in [1.165, 1.54) is 17.5 Å². The highest BCUT2D eigenvalue weighted by Gasteiger charge is 2.17. The molecular weight excluding hydrogens is 292 g/mol. The van der Waals surface area contributed by atoms with Crippen LogP contribution in [0.2, 0.25) is 0 Å². The third-order valence-electron chi connectivity index (χ3n) is 2.60. The van der Waals surface area contributed by atoms with Gasteiger partial charge in [-0.1, -0.05) is 6.92 Å². The van der Waals surface area contributed by atoms with Crippen molar-refractivity contribution in [3.05, 3.63) is 32.4 Å². The summed E-state index contributed by atoms with van der Waals surface area (Å²) in [6.45, 7) is 5.08. The largest absolute Gasteiger partial charge is 0.359 e. The number of nitrogens with zero attached hydrogens (tertiary/aromatic N) is 4. The van der Waals surface area contributed by atoms with Crippen LogP contribution in [0, 0.1) is 17.0 Å². The molecule has 0 bridgehead atoms. The molecule has 0 saturated carbocycles. The second-order valence-corrected chi connectivity index (χ2v) is 5.63. The Bertz CT molecular complexity index is 630. The summed E-state index contributed by atoms with van der Waals surface area (Å²) in [4.78, 5) is 23.8. The fourth-order valence-corrected chi connectivity index (χ4v) is 2.35. The number of hydrogen-bond donors (Lipinski definition) is 2. The number of aryl methyl sites for hydroxylation is 1. The highest BCUT2D eigenvalue weighted by molar-refractivity contribution is 7.11. The third kappa shape index (κ3) is 4.09. The van der Waals surface area contributed by atoms with E-state index in [0.29, 0.717) is 19.0 Å². The van der Waals surface area contributed by atoms with Crippen LogP contribution < -0.4 is 10.6 Å². The van der Waals surface area contributed by atoms with Crippen LogP contribution in [0.5, 0.6) is 0 Å². The van der Waals surface area contributed by atoms with Gasteiger partial charge in [0.25, 0.3) is 0 Å². The number of nitro groups is 1. The summed E-state index contributed by atoms with van der Waals surface area (Å²) in [5.41, 5.74) is -0.140.